The molecule has 0 aliphatic carbocycles. The Balaban J connectivity index is 6.22. The predicted molar refractivity (Wildman–Crippen MR) is 87.1 cm³/mol. The average Bonchev–Trinajstić information content (AvgIpc) is 2.26. The van der Waals surface area contributed by atoms with E-state index in [4.69, 9.17) is 4.74 Å². The third kappa shape index (κ3) is 8.69. The van der Waals surface area contributed by atoms with Gasteiger partial charge < -0.3 is 43.9 Å². The van der Waals surface area contributed by atoms with Gasteiger partial charge in [0.15, 0.2) is 0 Å². The molecule has 0 aromatic rings. The molecule has 0 rings (SSSR count). The predicted octanol–water partition coefficient (Wildman–Crippen LogP) is -1.02. The van der Waals surface area contributed by atoms with E-state index in [0.717, 1.165) is 0 Å². The fraction of sp³-hybridized carbons (Fsp3) is 1.00. The van der Waals surface area contributed by atoms with E-state index in [2.05, 4.69) is 15.9 Å². The summed E-state index contributed by atoms with van der Waals surface area (Å²) in [5.41, 5.74) is -6.37. The smallest absolute Gasteiger partial charge is 0.355 e. The maximum Gasteiger partial charge on any atom is 0.355 e. The summed E-state index contributed by atoms with van der Waals surface area (Å²) in [7, 11) is -23.2. The Morgan fingerprint density at radius 3 is 1.28 bits per heavy atom. The van der Waals surface area contributed by atoms with Crippen molar-refractivity contribution in [2.75, 3.05) is 25.1 Å². The molecular weight excluding hydrogens is 498 g/mol. The van der Waals surface area contributed by atoms with Gasteiger partial charge >= 0.3 is 30.4 Å². The lowest BCUT2D eigenvalue weighted by Gasteiger charge is -2.37. The summed E-state index contributed by atoms with van der Waals surface area (Å²) < 4.78 is 50.8. The van der Waals surface area contributed by atoms with Crippen molar-refractivity contribution in [3.05, 3.63) is 0 Å². The molecule has 19 heteroatoms. The van der Waals surface area contributed by atoms with E-state index in [-0.39, 0.29) is 16.8 Å². The molecule has 8 N–H and O–H groups in total. The molecule has 0 unspecified atom stereocenters. The molecule has 152 valence electrons. The van der Waals surface area contributed by atoms with Crippen molar-refractivity contribution in [3.8, 4) is 0 Å². The summed E-state index contributed by atoms with van der Waals surface area (Å²) in [6, 6.07) is 0. The number of ether oxygens (including phenoxy) is 1. The molecule has 0 aliphatic heterocycles. The van der Waals surface area contributed by atoms with Crippen molar-refractivity contribution >= 4 is 46.3 Å². The molecule has 0 radical (unpaired) electrons. The van der Waals surface area contributed by atoms with Crippen LogP contribution in [0, 0.1) is 0 Å². The maximum absolute atomic E-state index is 11.5. The third-order valence-electron chi connectivity index (χ3n) is 2.51. The van der Waals surface area contributed by atoms with Crippen LogP contribution in [0.2, 0.25) is 0 Å². The SMILES string of the molecule is O=P(O)(O)C(N(CCOCCBr)C(P(=O)(O)O)P(=O)(O)O)P(=O)(O)O. The van der Waals surface area contributed by atoms with Crippen LogP contribution in [0.25, 0.3) is 0 Å². The van der Waals surface area contributed by atoms with Gasteiger partial charge in [0.25, 0.3) is 0 Å². The largest absolute Gasteiger partial charge is 0.379 e. The fourth-order valence-corrected chi connectivity index (χ4v) is 8.17. The van der Waals surface area contributed by atoms with Gasteiger partial charge in [-0.15, -0.1) is 0 Å². The van der Waals surface area contributed by atoms with E-state index in [1.54, 1.807) is 0 Å². The van der Waals surface area contributed by atoms with Crippen LogP contribution in [0.5, 0.6) is 0 Å². The lowest BCUT2D eigenvalue weighted by atomic mass is 10.6. The second kappa shape index (κ2) is 9.47. The van der Waals surface area contributed by atoms with Crippen LogP contribution < -0.4 is 0 Å². The van der Waals surface area contributed by atoms with E-state index in [9.17, 15) is 57.4 Å². The quantitative estimate of drug-likeness (QED) is 0.0932. The zero-order valence-corrected chi connectivity index (χ0v) is 17.4. The molecule has 0 aliphatic rings. The van der Waals surface area contributed by atoms with Crippen LogP contribution in [0.3, 0.4) is 0 Å². The zero-order valence-electron chi connectivity index (χ0n) is 12.2. The molecule has 14 nitrogen and oxygen atoms in total. The van der Waals surface area contributed by atoms with Crippen molar-refractivity contribution in [2.24, 2.45) is 0 Å². The van der Waals surface area contributed by atoms with Crippen LogP contribution in [0.4, 0.5) is 0 Å². The summed E-state index contributed by atoms with van der Waals surface area (Å²) in [4.78, 5) is 73.2. The normalized spacial score (nSPS) is 14.7. The number of hydrogen-bond acceptors (Lipinski definition) is 6. The molecule has 0 saturated carbocycles. The van der Waals surface area contributed by atoms with E-state index in [1.807, 2.05) is 0 Å². The Kier molecular flexibility index (Phi) is 9.85. The Morgan fingerprint density at radius 2 is 1.04 bits per heavy atom. The van der Waals surface area contributed by atoms with E-state index in [1.165, 1.54) is 0 Å². The number of nitrogens with zero attached hydrogens (tertiary/aromatic N) is 1. The van der Waals surface area contributed by atoms with Gasteiger partial charge in [-0.1, -0.05) is 15.9 Å². The lowest BCUT2D eigenvalue weighted by Crippen LogP contribution is -2.44. The summed E-state index contributed by atoms with van der Waals surface area (Å²) in [6.07, 6.45) is 0. The highest BCUT2D eigenvalue weighted by molar-refractivity contribution is 9.09. The summed E-state index contributed by atoms with van der Waals surface area (Å²) in [5.74, 6) is 0. The number of alkyl halides is 1. The van der Waals surface area contributed by atoms with Crippen molar-refractivity contribution in [2.45, 2.75) is 11.0 Å². The van der Waals surface area contributed by atoms with Gasteiger partial charge in [0, 0.05) is 11.9 Å². The molecule has 0 spiro atoms. The van der Waals surface area contributed by atoms with Crippen LogP contribution in [0.1, 0.15) is 0 Å². The average molecular weight is 516 g/mol. The van der Waals surface area contributed by atoms with Crippen LogP contribution in [-0.4, -0.2) is 80.2 Å². The molecule has 0 aromatic carbocycles. The summed E-state index contributed by atoms with van der Waals surface area (Å²) >= 11 is 2.96. The first-order chi connectivity index (χ1) is 10.9. The van der Waals surface area contributed by atoms with Gasteiger partial charge in [-0.25, -0.2) is 0 Å². The van der Waals surface area contributed by atoms with E-state index < -0.39 is 54.6 Å². The Morgan fingerprint density at radius 1 is 0.720 bits per heavy atom. The van der Waals surface area contributed by atoms with Crippen LogP contribution in [-0.2, 0) is 23.0 Å². The highest BCUT2D eigenvalue weighted by Crippen LogP contribution is 2.68. The van der Waals surface area contributed by atoms with Gasteiger partial charge in [0.2, 0.25) is 11.0 Å². The second-order valence-corrected chi connectivity index (χ2v) is 12.9. The molecule has 0 atom stereocenters. The standard InChI is InChI=1S/C6H18BrNO13P4/c7-1-3-21-4-2-8(5(22(9,10)11)23(12,13)14)6(24(15,16)17)25(18,19)20/h5-6H,1-4H2,(H2,9,10,11)(H2,12,13,14)(H2,15,16,17)(H2,18,19,20). The molecule has 0 aromatic heterocycles. The third-order valence-corrected chi connectivity index (χ3v) is 10.0. The molecule has 25 heavy (non-hydrogen) atoms. The van der Waals surface area contributed by atoms with Gasteiger partial charge in [-0.3, -0.25) is 23.2 Å². The molecular formula is C6H18BrNO13P4. The highest BCUT2D eigenvalue weighted by atomic mass is 79.9. The minimum absolute atomic E-state index is 0.000810. The van der Waals surface area contributed by atoms with Crippen LogP contribution >= 0.6 is 46.3 Å². The van der Waals surface area contributed by atoms with E-state index >= 15 is 0 Å². The van der Waals surface area contributed by atoms with Crippen molar-refractivity contribution in [3.63, 3.8) is 0 Å². The first kappa shape index (κ1) is 26.0. The van der Waals surface area contributed by atoms with Gasteiger partial charge in [-0.05, 0) is 0 Å². The van der Waals surface area contributed by atoms with Gasteiger partial charge in [-0.2, -0.15) is 0 Å². The lowest BCUT2D eigenvalue weighted by molar-refractivity contribution is 0.107. The Hall–Kier alpha value is 1.000. The minimum Gasteiger partial charge on any atom is -0.379 e. The number of hydrogen-bond donors (Lipinski definition) is 8. The first-order valence-electron chi connectivity index (χ1n) is 6.04. The monoisotopic (exact) mass is 515 g/mol. The number of rotatable bonds is 11. The molecule has 0 bridgehead atoms. The minimum atomic E-state index is -5.79. The zero-order chi connectivity index (χ0) is 20.3. The Bertz CT molecular complexity index is 526. The molecule has 0 fully saturated rings. The van der Waals surface area contributed by atoms with Gasteiger partial charge in [0.1, 0.15) is 0 Å². The van der Waals surface area contributed by atoms with E-state index in [0.29, 0.717) is 0 Å². The topological polar surface area (TPSA) is 243 Å². The Labute approximate surface area is 150 Å². The second-order valence-electron chi connectivity index (χ2n) is 4.59. The summed E-state index contributed by atoms with van der Waals surface area (Å²) in [6.45, 7) is -1.58. The van der Waals surface area contributed by atoms with Gasteiger partial charge in [0.05, 0.1) is 13.2 Å². The molecule has 0 saturated heterocycles. The molecule has 0 heterocycles. The highest BCUT2D eigenvalue weighted by Gasteiger charge is 2.58. The number of halogens is 1. The van der Waals surface area contributed by atoms with Crippen molar-refractivity contribution < 1.29 is 62.1 Å². The fourth-order valence-electron chi connectivity index (χ4n) is 1.84. The molecule has 0 amide bonds. The first-order valence-corrected chi connectivity index (χ1v) is 13.9. The maximum atomic E-state index is 11.5. The van der Waals surface area contributed by atoms with Crippen molar-refractivity contribution in [1.82, 2.24) is 4.90 Å². The summed E-state index contributed by atoms with van der Waals surface area (Å²) in [5, 5.41) is 0.286. The van der Waals surface area contributed by atoms with Crippen LogP contribution in [0.15, 0.2) is 0 Å². The van der Waals surface area contributed by atoms with Crippen molar-refractivity contribution in [1.29, 1.82) is 0 Å².